The van der Waals surface area contributed by atoms with Crippen molar-refractivity contribution in [2.75, 3.05) is 40.1 Å². The van der Waals surface area contributed by atoms with Crippen molar-refractivity contribution in [1.29, 1.82) is 0 Å². The van der Waals surface area contributed by atoms with Gasteiger partial charge < -0.3 is 78.0 Å². The van der Waals surface area contributed by atoms with Gasteiger partial charge >= 0.3 is 0 Å². The number of benzene rings is 1. The number of ether oxygens (including phenoxy) is 10. The molecule has 6 fully saturated rings. The van der Waals surface area contributed by atoms with Crippen LogP contribution in [0.1, 0.15) is 113 Å². The Labute approximate surface area is 402 Å². The summed E-state index contributed by atoms with van der Waals surface area (Å²) in [5.41, 5.74) is 2.08. The number of carbonyl (C=O) groups excluding carboxylic acids is 2. The van der Waals surface area contributed by atoms with Gasteiger partial charge in [0.15, 0.2) is 30.4 Å². The highest BCUT2D eigenvalue weighted by Crippen LogP contribution is 2.49. The van der Waals surface area contributed by atoms with E-state index in [-0.39, 0.29) is 80.9 Å². The maximum Gasteiger partial charge on any atom is 0.192 e. The van der Waals surface area contributed by atoms with Crippen molar-refractivity contribution in [1.82, 2.24) is 0 Å². The van der Waals surface area contributed by atoms with Crippen LogP contribution in [0.25, 0.3) is 6.08 Å². The molecule has 1 aromatic carbocycles. The maximum absolute atomic E-state index is 14.3. The van der Waals surface area contributed by atoms with Crippen LogP contribution in [-0.4, -0.2) is 168 Å². The molecule has 0 radical (unpaired) electrons. The van der Waals surface area contributed by atoms with Gasteiger partial charge in [-0.3, -0.25) is 9.59 Å². The summed E-state index contributed by atoms with van der Waals surface area (Å²) in [5, 5.41) is 65.9. The molecule has 69 heavy (non-hydrogen) atoms. The summed E-state index contributed by atoms with van der Waals surface area (Å²) >= 11 is 0. The molecule has 6 N–H and O–H groups in total. The maximum atomic E-state index is 14.3. The van der Waals surface area contributed by atoms with Gasteiger partial charge in [0.05, 0.1) is 61.5 Å². The molecule has 9 rings (SSSR count). The summed E-state index contributed by atoms with van der Waals surface area (Å²) in [6.07, 6.45) is 2.63. The zero-order chi connectivity index (χ0) is 48.3. The van der Waals surface area contributed by atoms with E-state index in [1.807, 2.05) is 6.08 Å². The summed E-state index contributed by atoms with van der Waals surface area (Å²) in [4.78, 5) is 28.1. The molecule has 4 aliphatic heterocycles. The Hall–Kier alpha value is -3.34. The second kappa shape index (κ2) is 22.6. The molecular formula is C51H70O18. The number of hydrogen-bond donors (Lipinski definition) is 6. The van der Waals surface area contributed by atoms with Gasteiger partial charge in [0.1, 0.15) is 54.2 Å². The van der Waals surface area contributed by atoms with Crippen molar-refractivity contribution in [2.24, 2.45) is 11.8 Å². The van der Waals surface area contributed by atoms with Crippen LogP contribution in [0.4, 0.5) is 0 Å². The van der Waals surface area contributed by atoms with Crippen molar-refractivity contribution in [3.8, 4) is 11.5 Å². The largest absolute Gasteiger partial charge is 0.511 e. The van der Waals surface area contributed by atoms with Crippen molar-refractivity contribution < 1.29 is 87.6 Å². The number of fused-ring (bicyclic) bond motifs is 3. The number of rotatable bonds is 16. The molecule has 0 amide bonds. The van der Waals surface area contributed by atoms with Crippen LogP contribution in [0.15, 0.2) is 40.7 Å². The Morgan fingerprint density at radius 2 is 1.48 bits per heavy atom. The van der Waals surface area contributed by atoms with Gasteiger partial charge in [-0.2, -0.15) is 0 Å². The fourth-order valence-electron chi connectivity index (χ4n) is 11.3. The van der Waals surface area contributed by atoms with Gasteiger partial charge in [-0.25, -0.2) is 0 Å². The van der Waals surface area contributed by atoms with Gasteiger partial charge in [0.2, 0.25) is 0 Å². The predicted octanol–water partition coefficient (Wildman–Crippen LogP) is 4.25. The summed E-state index contributed by atoms with van der Waals surface area (Å²) in [6, 6.07) is 3.02. The van der Waals surface area contributed by atoms with E-state index < -0.39 is 84.6 Å². The van der Waals surface area contributed by atoms with Gasteiger partial charge in [-0.15, -0.1) is 0 Å². The van der Waals surface area contributed by atoms with E-state index in [1.54, 1.807) is 12.1 Å². The Balaban J connectivity index is 0.890. The summed E-state index contributed by atoms with van der Waals surface area (Å²) in [5.74, 6) is -3.15. The van der Waals surface area contributed by atoms with Crippen LogP contribution in [0.3, 0.4) is 0 Å². The third-order valence-corrected chi connectivity index (χ3v) is 15.0. The minimum atomic E-state index is -1.72. The van der Waals surface area contributed by atoms with Crippen LogP contribution in [0.5, 0.6) is 11.5 Å². The zero-order valence-electron chi connectivity index (χ0n) is 39.6. The van der Waals surface area contributed by atoms with Gasteiger partial charge in [0.25, 0.3) is 0 Å². The average molecular weight is 971 g/mol. The lowest BCUT2D eigenvalue weighted by Crippen LogP contribution is -2.50. The van der Waals surface area contributed by atoms with E-state index in [4.69, 9.17) is 47.4 Å². The highest BCUT2D eigenvalue weighted by molar-refractivity contribution is 6.10. The molecule has 8 aliphatic rings. The van der Waals surface area contributed by atoms with Gasteiger partial charge in [0, 0.05) is 51.6 Å². The molecule has 0 bridgehead atoms. The lowest BCUT2D eigenvalue weighted by Gasteiger charge is -2.43. The number of methoxy groups -OCH3 is 1. The molecular weight excluding hydrogens is 901 g/mol. The first-order valence-corrected chi connectivity index (χ1v) is 25.1. The molecule has 18 heteroatoms. The van der Waals surface area contributed by atoms with Gasteiger partial charge in [-0.1, -0.05) is 6.08 Å². The number of aliphatic hydroxyl groups excluding tert-OH is 5. The number of allylic oxidation sites excluding steroid dienone is 3. The zero-order valence-corrected chi connectivity index (χ0v) is 39.6. The number of aromatic hydroxyl groups is 1. The topological polar surface area (TPSA) is 248 Å². The first-order valence-electron chi connectivity index (χ1n) is 25.1. The van der Waals surface area contributed by atoms with Crippen LogP contribution in [-0.2, 0) is 47.4 Å². The van der Waals surface area contributed by atoms with Crippen molar-refractivity contribution >= 4 is 17.6 Å². The van der Waals surface area contributed by atoms with E-state index in [9.17, 15) is 40.2 Å². The molecule has 16 atom stereocenters. The summed E-state index contributed by atoms with van der Waals surface area (Å²) < 4.78 is 60.6. The third kappa shape index (κ3) is 11.6. The van der Waals surface area contributed by atoms with E-state index in [1.165, 1.54) is 20.1 Å². The van der Waals surface area contributed by atoms with Crippen LogP contribution in [0.2, 0.25) is 0 Å². The molecule has 2 saturated carbocycles. The number of ketones is 2. The highest BCUT2D eigenvalue weighted by Gasteiger charge is 2.48. The Morgan fingerprint density at radius 1 is 0.754 bits per heavy atom. The number of aliphatic hydroxyl groups is 5. The Morgan fingerprint density at radius 3 is 2.16 bits per heavy atom. The Kier molecular flexibility index (Phi) is 16.6. The molecule has 4 saturated heterocycles. The van der Waals surface area contributed by atoms with E-state index in [0.29, 0.717) is 60.5 Å². The molecule has 0 spiro atoms. The quantitative estimate of drug-likeness (QED) is 0.136. The number of phenolic OH excluding ortho intramolecular Hbond substituents is 1. The SMILES string of the molecule is COC(C(=O)C(O)C(C)O)C1CC2=CC3=Cc4cc(OCC5CC(OC6CCCCO6)C(O)CO5)cc(O)c4C(=O)C3C(O)=C2CC1OC1CCCC(OC2CC(O)C(OC3CCCCO3)CO2)C1. The molecule has 0 aromatic heterocycles. The number of hydrogen-bond acceptors (Lipinski definition) is 18. The number of phenols is 1. The van der Waals surface area contributed by atoms with Crippen LogP contribution in [0, 0.1) is 11.8 Å². The molecule has 4 aliphatic carbocycles. The smallest absolute Gasteiger partial charge is 0.192 e. The van der Waals surface area contributed by atoms with E-state index in [2.05, 4.69) is 0 Å². The van der Waals surface area contributed by atoms with Crippen LogP contribution < -0.4 is 4.74 Å². The number of Topliss-reactive ketones (excluding diaryl/α,β-unsaturated/α-hetero) is 2. The standard InChI is InChI=1S/C51H70O18/c1-26(52)47(56)50(59)51(60-2)35-17-27-14-28-15-29-16-32(63-23-33-20-40(38(55)24-64-33)68-42-10-3-5-12-61-42)19-37(54)45(29)49(58)46(28)48(57)34(27)21-39(35)66-30-8-7-9-31(18-30)67-44-22-36(53)41(25-65-44)69-43-11-4-6-13-62-43/h14-16,19,26,30-31,33,35-36,38-44,46-47,51-57H,3-13,17-18,20-25H2,1-2H3. The molecule has 4 heterocycles. The minimum absolute atomic E-state index is 0.0423. The lowest BCUT2D eigenvalue weighted by molar-refractivity contribution is -0.278. The van der Waals surface area contributed by atoms with E-state index >= 15 is 0 Å². The number of carbonyl (C=O) groups is 2. The summed E-state index contributed by atoms with van der Waals surface area (Å²) in [6.45, 7) is 2.90. The van der Waals surface area contributed by atoms with Crippen molar-refractivity contribution in [3.05, 3.63) is 51.8 Å². The summed E-state index contributed by atoms with van der Waals surface area (Å²) in [7, 11) is 1.37. The lowest BCUT2D eigenvalue weighted by atomic mass is 9.68. The molecule has 1 aromatic rings. The van der Waals surface area contributed by atoms with Crippen molar-refractivity contribution in [2.45, 2.75) is 183 Å². The third-order valence-electron chi connectivity index (χ3n) is 15.0. The fourth-order valence-corrected chi connectivity index (χ4v) is 11.3. The normalized spacial score (nSPS) is 36.5. The monoisotopic (exact) mass is 970 g/mol. The van der Waals surface area contributed by atoms with E-state index in [0.717, 1.165) is 51.4 Å². The second-order valence-electron chi connectivity index (χ2n) is 20.0. The van der Waals surface area contributed by atoms with Gasteiger partial charge in [-0.05, 0) is 112 Å². The highest BCUT2D eigenvalue weighted by atomic mass is 16.7. The molecule has 18 nitrogen and oxygen atoms in total. The van der Waals surface area contributed by atoms with Crippen LogP contribution >= 0.6 is 0 Å². The molecule has 382 valence electrons. The predicted molar refractivity (Wildman–Crippen MR) is 243 cm³/mol. The first kappa shape index (κ1) is 50.6. The Bertz CT molecular complexity index is 2060. The average Bonchev–Trinajstić information content (AvgIpc) is 3.33. The van der Waals surface area contributed by atoms with Crippen molar-refractivity contribution in [3.63, 3.8) is 0 Å². The first-order chi connectivity index (χ1) is 33.3. The molecule has 16 unspecified atom stereocenters. The fraction of sp³-hybridized carbons (Fsp3) is 0.725. The minimum Gasteiger partial charge on any atom is -0.511 e. The second-order valence-corrected chi connectivity index (χ2v) is 20.0.